The van der Waals surface area contributed by atoms with Crippen molar-refractivity contribution in [1.82, 2.24) is 0 Å². The van der Waals surface area contributed by atoms with Crippen LogP contribution in [-0.2, 0) is 9.47 Å². The zero-order chi connectivity index (χ0) is 12.8. The van der Waals surface area contributed by atoms with Crippen LogP contribution in [-0.4, -0.2) is 32.0 Å². The Morgan fingerprint density at radius 1 is 1.41 bits per heavy atom. The summed E-state index contributed by atoms with van der Waals surface area (Å²) < 4.78 is 10.1. The maximum absolute atomic E-state index is 10.6. The quantitative estimate of drug-likeness (QED) is 0.467. The summed E-state index contributed by atoms with van der Waals surface area (Å²) in [5, 5.41) is 13.7. The molecule has 1 aromatic rings. The first-order valence-electron chi connectivity index (χ1n) is 5.13. The average Bonchev–Trinajstić information content (AvgIpc) is 2.31. The molecule has 0 aliphatic rings. The lowest BCUT2D eigenvalue weighted by atomic mass is 10.2. The minimum absolute atomic E-state index is 0.0862. The van der Waals surface area contributed by atoms with Crippen molar-refractivity contribution in [1.29, 1.82) is 0 Å². The first-order chi connectivity index (χ1) is 8.08. The summed E-state index contributed by atoms with van der Waals surface area (Å²) in [6.07, 6.45) is -0.343. The van der Waals surface area contributed by atoms with Gasteiger partial charge >= 0.3 is 0 Å². The van der Waals surface area contributed by atoms with E-state index in [9.17, 15) is 10.1 Å². The number of benzene rings is 1. The average molecular weight is 240 g/mol. The van der Waals surface area contributed by atoms with E-state index in [1.165, 1.54) is 12.1 Å². The topological polar surface area (TPSA) is 73.6 Å². The van der Waals surface area contributed by atoms with E-state index in [1.807, 2.05) is 6.92 Å². The number of nitrogens with one attached hydrogen (secondary N) is 1. The molecule has 6 nitrogen and oxygen atoms in total. The molecule has 1 rings (SSSR count). The van der Waals surface area contributed by atoms with Crippen LogP contribution in [0.5, 0.6) is 0 Å². The van der Waals surface area contributed by atoms with Crippen LogP contribution >= 0.6 is 0 Å². The summed E-state index contributed by atoms with van der Waals surface area (Å²) in [6, 6.07) is 4.66. The van der Waals surface area contributed by atoms with Gasteiger partial charge < -0.3 is 14.8 Å². The van der Waals surface area contributed by atoms with Gasteiger partial charge in [-0.3, -0.25) is 10.1 Å². The van der Waals surface area contributed by atoms with Gasteiger partial charge in [-0.05, 0) is 18.6 Å². The summed E-state index contributed by atoms with van der Waals surface area (Å²) in [7, 11) is 3.11. The number of rotatable bonds is 6. The van der Waals surface area contributed by atoms with E-state index >= 15 is 0 Å². The molecular weight excluding hydrogens is 224 g/mol. The number of hydrogen-bond acceptors (Lipinski definition) is 5. The number of hydrogen-bond donors (Lipinski definition) is 1. The third-order valence-corrected chi connectivity index (χ3v) is 2.41. The Hall–Kier alpha value is -1.66. The lowest BCUT2D eigenvalue weighted by molar-refractivity contribution is -0.384. The second kappa shape index (κ2) is 6.17. The van der Waals surface area contributed by atoms with Gasteiger partial charge in [0.05, 0.1) is 11.5 Å². The van der Waals surface area contributed by atoms with Crippen molar-refractivity contribution in [3.05, 3.63) is 33.9 Å². The molecule has 0 aromatic heterocycles. The van der Waals surface area contributed by atoms with Crippen molar-refractivity contribution in [2.75, 3.05) is 26.1 Å². The fraction of sp³-hybridized carbons (Fsp3) is 0.455. The van der Waals surface area contributed by atoms with Crippen LogP contribution in [0.3, 0.4) is 0 Å². The number of non-ortho nitro benzene ring substituents is 1. The van der Waals surface area contributed by atoms with E-state index in [0.717, 1.165) is 11.3 Å². The molecule has 0 heterocycles. The molecule has 6 heteroatoms. The van der Waals surface area contributed by atoms with Gasteiger partial charge in [-0.25, -0.2) is 0 Å². The molecule has 0 aliphatic heterocycles. The molecule has 0 aliphatic carbocycles. The van der Waals surface area contributed by atoms with Gasteiger partial charge in [-0.15, -0.1) is 0 Å². The Morgan fingerprint density at radius 2 is 2.06 bits per heavy atom. The number of anilines is 1. The number of ether oxygens (including phenoxy) is 2. The van der Waals surface area contributed by atoms with Crippen LogP contribution in [0, 0.1) is 17.0 Å². The molecule has 0 saturated heterocycles. The Morgan fingerprint density at radius 3 is 2.53 bits per heavy atom. The number of nitrogens with zero attached hydrogens (tertiary/aromatic N) is 1. The van der Waals surface area contributed by atoms with Gasteiger partial charge in [0, 0.05) is 32.0 Å². The summed E-state index contributed by atoms with van der Waals surface area (Å²) in [5.74, 6) is 0. The molecule has 94 valence electrons. The van der Waals surface area contributed by atoms with Gasteiger partial charge in [0.25, 0.3) is 5.69 Å². The van der Waals surface area contributed by atoms with Crippen LogP contribution in [0.15, 0.2) is 18.2 Å². The van der Waals surface area contributed by atoms with Gasteiger partial charge in [0.2, 0.25) is 0 Å². The van der Waals surface area contributed by atoms with Crippen LogP contribution in [0.1, 0.15) is 5.56 Å². The maximum atomic E-state index is 10.6. The summed E-state index contributed by atoms with van der Waals surface area (Å²) in [6.45, 7) is 2.29. The molecular formula is C11H16N2O4. The SMILES string of the molecule is COC(CNc1ccc([N+](=O)[O-])cc1C)OC. The Bertz CT molecular complexity index is 391. The van der Waals surface area contributed by atoms with Crippen LogP contribution in [0.2, 0.25) is 0 Å². The first kappa shape index (κ1) is 13.4. The molecule has 0 bridgehead atoms. The van der Waals surface area contributed by atoms with E-state index in [1.54, 1.807) is 20.3 Å². The van der Waals surface area contributed by atoms with E-state index in [2.05, 4.69) is 5.32 Å². The number of methoxy groups -OCH3 is 2. The van der Waals surface area contributed by atoms with Gasteiger partial charge in [-0.2, -0.15) is 0 Å². The fourth-order valence-corrected chi connectivity index (χ4v) is 1.42. The molecule has 0 unspecified atom stereocenters. The molecule has 0 saturated carbocycles. The lowest BCUT2D eigenvalue weighted by Crippen LogP contribution is -2.23. The molecule has 0 amide bonds. The van der Waals surface area contributed by atoms with Crippen LogP contribution < -0.4 is 5.32 Å². The highest BCUT2D eigenvalue weighted by atomic mass is 16.7. The van der Waals surface area contributed by atoms with Crippen LogP contribution in [0.25, 0.3) is 0 Å². The smallest absolute Gasteiger partial charge is 0.269 e. The Balaban J connectivity index is 2.69. The zero-order valence-corrected chi connectivity index (χ0v) is 10.1. The molecule has 0 spiro atoms. The first-order valence-corrected chi connectivity index (χ1v) is 5.13. The second-order valence-electron chi connectivity index (χ2n) is 3.54. The summed E-state index contributed by atoms with van der Waals surface area (Å²) >= 11 is 0. The van der Waals surface area contributed by atoms with Crippen molar-refractivity contribution in [2.45, 2.75) is 13.2 Å². The van der Waals surface area contributed by atoms with Crippen molar-refractivity contribution < 1.29 is 14.4 Å². The molecule has 17 heavy (non-hydrogen) atoms. The minimum atomic E-state index is -0.413. The standard InChI is InChI=1S/C11H16N2O4/c1-8-6-9(13(14)15)4-5-10(8)12-7-11(16-2)17-3/h4-6,11-12H,7H2,1-3H3. The Labute approximate surface area is 99.7 Å². The molecule has 1 aromatic carbocycles. The highest BCUT2D eigenvalue weighted by Crippen LogP contribution is 2.21. The highest BCUT2D eigenvalue weighted by Gasteiger charge is 2.09. The van der Waals surface area contributed by atoms with E-state index < -0.39 is 4.92 Å². The third-order valence-electron chi connectivity index (χ3n) is 2.41. The van der Waals surface area contributed by atoms with Crippen LogP contribution in [0.4, 0.5) is 11.4 Å². The molecule has 0 fully saturated rings. The number of nitro benzene ring substituents is 1. The van der Waals surface area contributed by atoms with Crippen molar-refractivity contribution in [3.8, 4) is 0 Å². The molecule has 1 N–H and O–H groups in total. The van der Waals surface area contributed by atoms with Gasteiger partial charge in [0.1, 0.15) is 0 Å². The Kier molecular flexibility index (Phi) is 4.86. The van der Waals surface area contributed by atoms with E-state index in [0.29, 0.717) is 6.54 Å². The van der Waals surface area contributed by atoms with E-state index in [4.69, 9.17) is 9.47 Å². The van der Waals surface area contributed by atoms with E-state index in [-0.39, 0.29) is 12.0 Å². The molecule has 0 radical (unpaired) electrons. The lowest BCUT2D eigenvalue weighted by Gasteiger charge is -2.15. The van der Waals surface area contributed by atoms with Gasteiger partial charge in [-0.1, -0.05) is 0 Å². The fourth-order valence-electron chi connectivity index (χ4n) is 1.42. The largest absolute Gasteiger partial charge is 0.380 e. The predicted molar refractivity (Wildman–Crippen MR) is 64.1 cm³/mol. The zero-order valence-electron chi connectivity index (χ0n) is 10.1. The maximum Gasteiger partial charge on any atom is 0.269 e. The van der Waals surface area contributed by atoms with Crippen molar-refractivity contribution >= 4 is 11.4 Å². The predicted octanol–water partition coefficient (Wildman–Crippen LogP) is 1.93. The second-order valence-corrected chi connectivity index (χ2v) is 3.54. The number of nitro groups is 1. The third kappa shape index (κ3) is 3.69. The minimum Gasteiger partial charge on any atom is -0.380 e. The van der Waals surface area contributed by atoms with Crippen molar-refractivity contribution in [2.24, 2.45) is 0 Å². The number of aryl methyl sites for hydroxylation is 1. The summed E-state index contributed by atoms with van der Waals surface area (Å²) in [5.41, 5.74) is 1.72. The normalized spacial score (nSPS) is 10.6. The summed E-state index contributed by atoms with van der Waals surface area (Å²) in [4.78, 5) is 10.2. The van der Waals surface area contributed by atoms with Crippen molar-refractivity contribution in [3.63, 3.8) is 0 Å². The van der Waals surface area contributed by atoms with Gasteiger partial charge in [0.15, 0.2) is 6.29 Å². The molecule has 0 atom stereocenters. The highest BCUT2D eigenvalue weighted by molar-refractivity contribution is 5.55. The monoisotopic (exact) mass is 240 g/mol.